The van der Waals surface area contributed by atoms with E-state index in [1.54, 1.807) is 24.3 Å². The molecule has 55 heavy (non-hydrogen) atoms. The average Bonchev–Trinajstić information content (AvgIpc) is 3.44. The van der Waals surface area contributed by atoms with Gasteiger partial charge in [-0.3, -0.25) is 4.79 Å². The van der Waals surface area contributed by atoms with Crippen molar-refractivity contribution in [3.63, 3.8) is 0 Å². The number of aromatic nitrogens is 1. The Morgan fingerprint density at radius 1 is 0.927 bits per heavy atom. The van der Waals surface area contributed by atoms with Crippen molar-refractivity contribution in [2.75, 3.05) is 6.61 Å². The number of ketones is 1. The first-order chi connectivity index (χ1) is 26.3. The van der Waals surface area contributed by atoms with Gasteiger partial charge in [0.1, 0.15) is 11.5 Å². The number of alkyl halides is 3. The summed E-state index contributed by atoms with van der Waals surface area (Å²) < 4.78 is 47.3. The minimum Gasteiger partial charge on any atom is -0.493 e. The quantitative estimate of drug-likeness (QED) is 0.0490. The molecule has 0 spiro atoms. The van der Waals surface area contributed by atoms with Crippen LogP contribution in [0.2, 0.25) is 0 Å². The maximum absolute atomic E-state index is 14.7. The fourth-order valence-electron chi connectivity index (χ4n) is 8.12. The van der Waals surface area contributed by atoms with Crippen molar-refractivity contribution in [2.45, 2.75) is 92.8 Å². The number of benzene rings is 4. The van der Waals surface area contributed by atoms with Gasteiger partial charge in [0.2, 0.25) is 0 Å². The molecule has 1 aliphatic carbocycles. The Kier molecular flexibility index (Phi) is 12.0. The van der Waals surface area contributed by atoms with E-state index in [-0.39, 0.29) is 23.2 Å². The highest BCUT2D eigenvalue weighted by Gasteiger charge is 2.29. The van der Waals surface area contributed by atoms with Crippen molar-refractivity contribution in [3.05, 3.63) is 112 Å². The van der Waals surface area contributed by atoms with Gasteiger partial charge in [0.25, 0.3) is 0 Å². The number of nitrogens with zero attached hydrogens (tertiary/aromatic N) is 2. The first-order valence-corrected chi connectivity index (χ1v) is 19.3. The van der Waals surface area contributed by atoms with Crippen LogP contribution < -0.4 is 4.74 Å². The number of hydrogen-bond acceptors (Lipinski definition) is 5. The van der Waals surface area contributed by atoms with E-state index in [9.17, 15) is 22.8 Å². The molecule has 0 saturated heterocycles. The number of carbonyl (C=O) groups excluding carboxylic acids is 2. The van der Waals surface area contributed by atoms with E-state index in [0.717, 1.165) is 82.4 Å². The molecule has 1 heterocycles. The number of allylic oxidation sites excluding steroid dienone is 4. The topological polar surface area (TPSA) is 69.9 Å². The van der Waals surface area contributed by atoms with Crippen molar-refractivity contribution < 1.29 is 32.3 Å². The number of halogens is 3. The van der Waals surface area contributed by atoms with Crippen LogP contribution in [0.5, 0.6) is 5.75 Å². The van der Waals surface area contributed by atoms with E-state index in [0.29, 0.717) is 22.6 Å². The Bertz CT molecular complexity index is 2350. The second kappa shape index (κ2) is 16.7. The van der Waals surface area contributed by atoms with Gasteiger partial charge < -0.3 is 14.1 Å². The molecule has 0 bridgehead atoms. The van der Waals surface area contributed by atoms with Gasteiger partial charge in [0.15, 0.2) is 5.78 Å². The minimum absolute atomic E-state index is 0.0142. The molecular weight excluding hydrogens is 702 g/mol. The molecular formula is C46H49F3N2O4. The maximum Gasteiger partial charge on any atom is 0.392 e. The molecule has 0 N–H and O–H groups in total. The lowest BCUT2D eigenvalue weighted by atomic mass is 9.80. The van der Waals surface area contributed by atoms with Crippen LogP contribution in [0.25, 0.3) is 32.6 Å². The maximum atomic E-state index is 14.7. The molecule has 0 radical (unpaired) electrons. The summed E-state index contributed by atoms with van der Waals surface area (Å²) >= 11 is 0. The smallest absolute Gasteiger partial charge is 0.392 e. The van der Waals surface area contributed by atoms with E-state index >= 15 is 0 Å². The van der Waals surface area contributed by atoms with E-state index in [1.807, 2.05) is 49.4 Å². The van der Waals surface area contributed by atoms with Crippen LogP contribution in [0.4, 0.5) is 13.2 Å². The summed E-state index contributed by atoms with van der Waals surface area (Å²) in [6.45, 7) is 12.1. The summed E-state index contributed by atoms with van der Waals surface area (Å²) in [4.78, 5) is 32.0. The van der Waals surface area contributed by atoms with Crippen LogP contribution in [-0.2, 0) is 16.2 Å². The van der Waals surface area contributed by atoms with Crippen LogP contribution in [0.3, 0.4) is 0 Å². The zero-order valence-electron chi connectivity index (χ0n) is 32.5. The van der Waals surface area contributed by atoms with E-state index < -0.39 is 25.2 Å². The zero-order chi connectivity index (χ0) is 39.4. The minimum atomic E-state index is -4.39. The van der Waals surface area contributed by atoms with Gasteiger partial charge in [-0.05, 0) is 79.8 Å². The van der Waals surface area contributed by atoms with Crippen LogP contribution in [0, 0.1) is 11.8 Å². The average molecular weight is 751 g/mol. The van der Waals surface area contributed by atoms with Crippen molar-refractivity contribution >= 4 is 50.0 Å². The second-order valence-electron chi connectivity index (χ2n) is 14.9. The number of hydrogen-bond donors (Lipinski definition) is 0. The monoisotopic (exact) mass is 750 g/mol. The molecule has 4 aromatic carbocycles. The SMILES string of the molecule is CCCCC(CC)Cn1c2ccc(/C(=N\OC(C)=O)c3ccccc3OCCC(F)(F)F)cc2c2cc(C(=O)C3=C(C)C=C(C)CC3C)c3ccccc3c21. The molecule has 0 fully saturated rings. The number of rotatable bonds is 14. The third-order valence-electron chi connectivity index (χ3n) is 10.7. The number of oxime groups is 1. The molecule has 5 aromatic rings. The first-order valence-electron chi connectivity index (χ1n) is 19.3. The number of ether oxygens (including phenoxy) is 1. The fourth-order valence-corrected chi connectivity index (χ4v) is 8.12. The molecule has 0 amide bonds. The summed E-state index contributed by atoms with van der Waals surface area (Å²) in [5, 5.41) is 7.90. The van der Waals surface area contributed by atoms with Gasteiger partial charge in [-0.25, -0.2) is 4.79 Å². The van der Waals surface area contributed by atoms with Gasteiger partial charge in [0.05, 0.1) is 18.5 Å². The van der Waals surface area contributed by atoms with Crippen LogP contribution >= 0.6 is 0 Å². The van der Waals surface area contributed by atoms with Gasteiger partial charge in [-0.1, -0.05) is 99.3 Å². The molecule has 2 unspecified atom stereocenters. The zero-order valence-corrected chi connectivity index (χ0v) is 32.5. The van der Waals surface area contributed by atoms with Crippen molar-refractivity contribution in [3.8, 4) is 5.75 Å². The highest BCUT2D eigenvalue weighted by Crippen LogP contribution is 2.41. The Morgan fingerprint density at radius 3 is 2.35 bits per heavy atom. The number of fused-ring (bicyclic) bond motifs is 5. The summed E-state index contributed by atoms with van der Waals surface area (Å²) in [7, 11) is 0. The van der Waals surface area contributed by atoms with E-state index in [4.69, 9.17) is 9.57 Å². The fraction of sp³-hybridized carbons (Fsp3) is 0.370. The molecule has 9 heteroatoms. The Morgan fingerprint density at radius 2 is 1.65 bits per heavy atom. The normalized spacial score (nSPS) is 15.8. The summed E-state index contributed by atoms with van der Waals surface area (Å²) in [5.74, 6) is 0.0358. The summed E-state index contributed by atoms with van der Waals surface area (Å²) in [6, 6.07) is 22.7. The van der Waals surface area contributed by atoms with Gasteiger partial charge in [0, 0.05) is 57.4 Å². The first kappa shape index (κ1) is 39.5. The predicted molar refractivity (Wildman–Crippen MR) is 215 cm³/mol. The Labute approximate surface area is 320 Å². The largest absolute Gasteiger partial charge is 0.493 e. The van der Waals surface area contributed by atoms with Crippen LogP contribution in [0.15, 0.2) is 101 Å². The Hall–Kier alpha value is -5.18. The highest BCUT2D eigenvalue weighted by atomic mass is 19.4. The standard InChI is InChI=1S/C46H49F3N2O4/c1-7-9-14-32(8-2)27-51-40-20-19-33(43(50-55-31(6)52)36-17-12-13-18-41(36)54-22-21-46(47,48)49)25-37(40)38-26-39(34-15-10-11-16-35(34)44(38)51)45(53)42-29(4)23-28(3)24-30(42)5/h10-13,15-20,23,25-26,30,32H,7-9,14,21-22,24,27H2,1-6H3/b50-43+. The lowest BCUT2D eigenvalue weighted by Crippen LogP contribution is -2.17. The van der Waals surface area contributed by atoms with E-state index in [2.05, 4.69) is 49.6 Å². The molecule has 6 nitrogen and oxygen atoms in total. The van der Waals surface area contributed by atoms with Crippen LogP contribution in [0.1, 0.15) is 102 Å². The molecule has 288 valence electrons. The summed E-state index contributed by atoms with van der Waals surface area (Å²) in [6.07, 6.45) is 1.75. The van der Waals surface area contributed by atoms with Crippen molar-refractivity contribution in [1.29, 1.82) is 0 Å². The highest BCUT2D eigenvalue weighted by molar-refractivity contribution is 6.27. The molecule has 6 rings (SSSR count). The van der Waals surface area contributed by atoms with Gasteiger partial charge in [-0.2, -0.15) is 13.2 Å². The predicted octanol–water partition coefficient (Wildman–Crippen LogP) is 12.3. The lowest BCUT2D eigenvalue weighted by molar-refractivity contribution is -0.141. The lowest BCUT2D eigenvalue weighted by Gasteiger charge is -2.23. The molecule has 0 aliphatic heterocycles. The van der Waals surface area contributed by atoms with Crippen molar-refractivity contribution in [1.82, 2.24) is 4.57 Å². The van der Waals surface area contributed by atoms with Gasteiger partial charge >= 0.3 is 12.1 Å². The van der Waals surface area contributed by atoms with Crippen LogP contribution in [-0.4, -0.2) is 34.8 Å². The molecule has 0 saturated carbocycles. The Balaban J connectivity index is 1.62. The molecule has 1 aliphatic rings. The molecule has 1 aromatic heterocycles. The second-order valence-corrected chi connectivity index (χ2v) is 14.9. The van der Waals surface area contributed by atoms with Crippen molar-refractivity contribution in [2.24, 2.45) is 17.0 Å². The third kappa shape index (κ3) is 8.56. The number of carbonyl (C=O) groups is 2. The summed E-state index contributed by atoms with van der Waals surface area (Å²) in [5.41, 5.74) is 6.87. The third-order valence-corrected chi connectivity index (χ3v) is 10.7. The number of Topliss-reactive ketones (excluding diaryl/α,β-unsaturated/α-hetero) is 1. The molecule has 2 atom stereocenters. The number of unbranched alkanes of at least 4 members (excludes halogenated alkanes) is 1. The number of para-hydroxylation sites is 1. The van der Waals surface area contributed by atoms with E-state index in [1.165, 1.54) is 12.5 Å². The van der Waals surface area contributed by atoms with Gasteiger partial charge in [-0.15, -0.1) is 0 Å².